The molecule has 0 atom stereocenters. The van der Waals surface area contributed by atoms with Crippen LogP contribution in [0.25, 0.3) is 0 Å². The molecule has 0 saturated carbocycles. The molecule has 0 aliphatic rings. The largest absolute Gasteiger partial charge is 0.492 e. The third-order valence-electron chi connectivity index (χ3n) is 4.04. The quantitative estimate of drug-likeness (QED) is 0.289. The Morgan fingerprint density at radius 1 is 0.935 bits per heavy atom. The molecule has 0 radical (unpaired) electrons. The van der Waals surface area contributed by atoms with Crippen molar-refractivity contribution in [3.63, 3.8) is 0 Å². The molecule has 160 valence electrons. The molecule has 3 rings (SSSR count). The number of amides is 1. The van der Waals surface area contributed by atoms with Crippen molar-refractivity contribution in [1.29, 1.82) is 0 Å². The molecule has 0 unspecified atom stereocenters. The molecule has 0 heterocycles. The van der Waals surface area contributed by atoms with Crippen molar-refractivity contribution in [3.05, 3.63) is 82.8 Å². The minimum absolute atomic E-state index is 0.202. The summed E-state index contributed by atoms with van der Waals surface area (Å²) in [4.78, 5) is 12.1. The first-order valence-electron chi connectivity index (χ1n) is 9.51. The number of nitrogens with one attached hydrogen (secondary N) is 2. The van der Waals surface area contributed by atoms with Gasteiger partial charge in [-0.05, 0) is 73.2 Å². The number of hydrogen-bond donors (Lipinski definition) is 2. The van der Waals surface area contributed by atoms with Crippen molar-refractivity contribution in [2.45, 2.75) is 12.8 Å². The van der Waals surface area contributed by atoms with Gasteiger partial charge in [0.05, 0.1) is 11.6 Å². The van der Waals surface area contributed by atoms with E-state index in [9.17, 15) is 4.79 Å². The lowest BCUT2D eigenvalue weighted by Crippen LogP contribution is -2.34. The second-order valence-corrected chi connectivity index (χ2v) is 7.72. The van der Waals surface area contributed by atoms with Gasteiger partial charge in [0.15, 0.2) is 5.11 Å². The van der Waals surface area contributed by atoms with Crippen LogP contribution in [0.5, 0.6) is 17.2 Å². The van der Waals surface area contributed by atoms with E-state index < -0.39 is 0 Å². The average molecular weight is 475 g/mol. The summed E-state index contributed by atoms with van der Waals surface area (Å²) in [6, 6.07) is 21.8. The monoisotopic (exact) mass is 474 g/mol. The topological polar surface area (TPSA) is 59.6 Å². The Hall–Kier alpha value is -2.80. The van der Waals surface area contributed by atoms with Gasteiger partial charge >= 0.3 is 0 Å². The predicted molar refractivity (Wildman–Crippen MR) is 129 cm³/mol. The van der Waals surface area contributed by atoms with Crippen LogP contribution >= 0.6 is 35.4 Å². The van der Waals surface area contributed by atoms with Crippen LogP contribution < -0.4 is 20.1 Å². The first kappa shape index (κ1) is 22.9. The van der Waals surface area contributed by atoms with E-state index >= 15 is 0 Å². The Bertz CT molecular complexity index is 1030. The van der Waals surface area contributed by atoms with Gasteiger partial charge in [-0.2, -0.15) is 0 Å². The summed E-state index contributed by atoms with van der Waals surface area (Å²) in [6.07, 6.45) is 0.774. The fraction of sp³-hybridized carbons (Fsp3) is 0.130. The Labute approximate surface area is 196 Å². The normalized spacial score (nSPS) is 10.3. The van der Waals surface area contributed by atoms with Crippen molar-refractivity contribution in [1.82, 2.24) is 5.32 Å². The molecule has 3 aromatic rings. The Morgan fingerprint density at radius 2 is 1.65 bits per heavy atom. The number of ether oxygens (including phenoxy) is 2. The lowest BCUT2D eigenvalue weighted by molar-refractivity contribution is -0.119. The van der Waals surface area contributed by atoms with Gasteiger partial charge in [0.25, 0.3) is 0 Å². The van der Waals surface area contributed by atoms with E-state index in [-0.39, 0.29) is 17.4 Å². The van der Waals surface area contributed by atoms with Crippen LogP contribution in [0.2, 0.25) is 10.0 Å². The maximum atomic E-state index is 12.1. The third-order valence-corrected chi connectivity index (χ3v) is 4.78. The summed E-state index contributed by atoms with van der Waals surface area (Å²) in [5.41, 5.74) is 0.742. The average Bonchev–Trinajstić information content (AvgIpc) is 2.74. The maximum Gasteiger partial charge on any atom is 0.226 e. The molecule has 5 nitrogen and oxygen atoms in total. The van der Waals surface area contributed by atoms with Gasteiger partial charge in [-0.15, -0.1) is 0 Å². The number of anilines is 1. The number of rotatable bonds is 8. The molecular weight excluding hydrogens is 455 g/mol. The smallest absolute Gasteiger partial charge is 0.226 e. The fourth-order valence-corrected chi connectivity index (χ4v) is 3.28. The van der Waals surface area contributed by atoms with Crippen molar-refractivity contribution in [3.8, 4) is 17.2 Å². The molecule has 0 fully saturated rings. The predicted octanol–water partition coefficient (Wildman–Crippen LogP) is 6.46. The van der Waals surface area contributed by atoms with Gasteiger partial charge in [-0.3, -0.25) is 4.79 Å². The highest BCUT2D eigenvalue weighted by Crippen LogP contribution is 2.27. The number of carbonyl (C=O) groups is 1. The molecule has 0 spiro atoms. The van der Waals surface area contributed by atoms with Crippen molar-refractivity contribution in [2.24, 2.45) is 0 Å². The van der Waals surface area contributed by atoms with E-state index in [1.807, 2.05) is 54.6 Å². The molecule has 3 aromatic carbocycles. The zero-order valence-electron chi connectivity index (χ0n) is 16.4. The van der Waals surface area contributed by atoms with Gasteiger partial charge < -0.3 is 20.1 Å². The summed E-state index contributed by atoms with van der Waals surface area (Å²) in [5, 5.41) is 6.82. The number of hydrogen-bond acceptors (Lipinski definition) is 4. The second kappa shape index (κ2) is 11.6. The number of para-hydroxylation sites is 1. The van der Waals surface area contributed by atoms with Crippen LogP contribution in [0.15, 0.2) is 72.8 Å². The van der Waals surface area contributed by atoms with E-state index in [0.717, 1.165) is 11.4 Å². The minimum Gasteiger partial charge on any atom is -0.492 e. The van der Waals surface area contributed by atoms with Gasteiger partial charge in [0.2, 0.25) is 5.91 Å². The molecule has 0 aromatic heterocycles. The molecule has 0 saturated heterocycles. The van der Waals surface area contributed by atoms with Crippen molar-refractivity contribution < 1.29 is 14.3 Å². The molecule has 1 amide bonds. The first-order chi connectivity index (χ1) is 15.0. The van der Waals surface area contributed by atoms with E-state index in [4.69, 9.17) is 44.9 Å². The lowest BCUT2D eigenvalue weighted by Gasteiger charge is -2.11. The molecule has 0 aliphatic heterocycles. The summed E-state index contributed by atoms with van der Waals surface area (Å²) in [7, 11) is 0. The van der Waals surface area contributed by atoms with Gasteiger partial charge in [0.1, 0.15) is 17.2 Å². The number of carbonyl (C=O) groups excluding carboxylic acids is 1. The Morgan fingerprint density at radius 3 is 2.35 bits per heavy atom. The maximum absolute atomic E-state index is 12.1. The summed E-state index contributed by atoms with van der Waals surface area (Å²) in [5.74, 6) is 1.79. The molecule has 8 heteroatoms. The van der Waals surface area contributed by atoms with Gasteiger partial charge in [0, 0.05) is 17.1 Å². The highest BCUT2D eigenvalue weighted by molar-refractivity contribution is 7.80. The highest BCUT2D eigenvalue weighted by Gasteiger charge is 2.07. The van der Waals surface area contributed by atoms with Crippen LogP contribution in [0.3, 0.4) is 0 Å². The molecule has 0 aliphatic carbocycles. The van der Waals surface area contributed by atoms with Crippen LogP contribution in [-0.2, 0) is 4.79 Å². The van der Waals surface area contributed by atoms with E-state index in [1.165, 1.54) is 0 Å². The van der Waals surface area contributed by atoms with Gasteiger partial charge in [-0.25, -0.2) is 0 Å². The van der Waals surface area contributed by atoms with Crippen LogP contribution in [0.1, 0.15) is 12.8 Å². The van der Waals surface area contributed by atoms with Crippen LogP contribution in [-0.4, -0.2) is 17.6 Å². The first-order valence-corrected chi connectivity index (χ1v) is 10.7. The lowest BCUT2D eigenvalue weighted by atomic mass is 10.3. The summed E-state index contributed by atoms with van der Waals surface area (Å²) < 4.78 is 11.3. The fourth-order valence-electron chi connectivity index (χ4n) is 2.59. The van der Waals surface area contributed by atoms with Crippen LogP contribution in [0, 0.1) is 0 Å². The number of benzene rings is 3. The Kier molecular flexibility index (Phi) is 8.53. The standard InChI is InChI=1S/C23H20Cl2N2O3S/c24-16-8-13-21(20(25)15-16)29-14-4-7-22(28)27-23(31)26-17-9-11-19(12-10-17)30-18-5-2-1-3-6-18/h1-3,5-6,8-13,15H,4,7,14H2,(H2,26,27,28,31). The van der Waals surface area contributed by atoms with E-state index in [1.54, 1.807) is 18.2 Å². The van der Waals surface area contributed by atoms with Gasteiger partial charge in [-0.1, -0.05) is 41.4 Å². The molecular formula is C23H20Cl2N2O3S. The Balaban J connectivity index is 1.37. The third kappa shape index (κ3) is 7.75. The number of halogens is 2. The number of thiocarbonyl (C=S) groups is 1. The van der Waals surface area contributed by atoms with Crippen LogP contribution in [0.4, 0.5) is 5.69 Å². The second-order valence-electron chi connectivity index (χ2n) is 6.47. The summed E-state index contributed by atoms with van der Waals surface area (Å²) >= 11 is 17.1. The van der Waals surface area contributed by atoms with Crippen molar-refractivity contribution in [2.75, 3.05) is 11.9 Å². The zero-order chi connectivity index (χ0) is 22.1. The van der Waals surface area contributed by atoms with E-state index in [0.29, 0.717) is 34.6 Å². The highest BCUT2D eigenvalue weighted by atomic mass is 35.5. The van der Waals surface area contributed by atoms with Crippen molar-refractivity contribution >= 4 is 52.1 Å². The van der Waals surface area contributed by atoms with E-state index in [2.05, 4.69) is 10.6 Å². The molecule has 0 bridgehead atoms. The minimum atomic E-state index is -0.202. The SMILES string of the molecule is O=C(CCCOc1ccc(Cl)cc1Cl)NC(=S)Nc1ccc(Oc2ccccc2)cc1. The molecule has 2 N–H and O–H groups in total. The molecule has 31 heavy (non-hydrogen) atoms. The summed E-state index contributed by atoms with van der Waals surface area (Å²) in [6.45, 7) is 0.345. The zero-order valence-corrected chi connectivity index (χ0v) is 18.8.